The van der Waals surface area contributed by atoms with Gasteiger partial charge in [-0.1, -0.05) is 0 Å². The van der Waals surface area contributed by atoms with Gasteiger partial charge in [0.15, 0.2) is 5.25 Å². The first-order valence-corrected chi connectivity index (χ1v) is 6.67. The summed E-state index contributed by atoms with van der Waals surface area (Å²) in [5.74, 6) is -0.193. The third-order valence-electron chi connectivity index (χ3n) is 2.29. The zero-order chi connectivity index (χ0) is 13.3. The largest absolute Gasteiger partial charge is 0.771 e. The monoisotopic (exact) mass is 287 g/mol. The second-order valence-corrected chi connectivity index (χ2v) is 5.22. The van der Waals surface area contributed by atoms with Crippen molar-refractivity contribution in [3.8, 4) is 0 Å². The highest BCUT2D eigenvalue weighted by atomic mass is 32.2. The highest BCUT2D eigenvalue weighted by Gasteiger charge is 2.28. The summed E-state index contributed by atoms with van der Waals surface area (Å²) in [5.41, 5.74) is 0. The van der Waals surface area contributed by atoms with Gasteiger partial charge >= 0.3 is 5.82 Å². The third-order valence-corrected chi connectivity index (χ3v) is 4.10. The van der Waals surface area contributed by atoms with Gasteiger partial charge < -0.3 is 14.7 Å². The average molecular weight is 287 g/mol. The SMILES string of the molecule is Cn1c([N+](=O)[O-])cnc1C(c1nccs1)S(=O)[O-]. The van der Waals surface area contributed by atoms with Gasteiger partial charge in [0.05, 0.1) is 7.05 Å². The standard InChI is InChI=1S/C8H8N4O4S2/c1-11-5(12(13)14)4-10-7(11)6(18(15)16)8-9-2-3-17-8/h2-4,6H,1H3,(H,15,16)/p-1. The summed E-state index contributed by atoms with van der Waals surface area (Å²) in [5, 5.41) is 11.6. The van der Waals surface area contributed by atoms with Crippen molar-refractivity contribution in [2.24, 2.45) is 7.05 Å². The fourth-order valence-electron chi connectivity index (χ4n) is 1.47. The van der Waals surface area contributed by atoms with Crippen molar-refractivity contribution in [2.45, 2.75) is 5.25 Å². The van der Waals surface area contributed by atoms with E-state index in [2.05, 4.69) is 9.97 Å². The summed E-state index contributed by atoms with van der Waals surface area (Å²) in [6, 6.07) is 0. The van der Waals surface area contributed by atoms with Crippen molar-refractivity contribution < 1.29 is 13.7 Å². The van der Waals surface area contributed by atoms with Crippen LogP contribution in [0.15, 0.2) is 17.8 Å². The molecule has 0 spiro atoms. The highest BCUT2D eigenvalue weighted by molar-refractivity contribution is 7.79. The zero-order valence-corrected chi connectivity index (χ0v) is 10.7. The average Bonchev–Trinajstić information content (AvgIpc) is 2.90. The number of thiazole rings is 1. The Hall–Kier alpha value is -1.65. The molecule has 0 N–H and O–H groups in total. The number of rotatable bonds is 4. The van der Waals surface area contributed by atoms with Crippen LogP contribution in [0, 0.1) is 10.1 Å². The van der Waals surface area contributed by atoms with E-state index >= 15 is 0 Å². The summed E-state index contributed by atoms with van der Waals surface area (Å²) in [6.07, 6.45) is 2.50. The van der Waals surface area contributed by atoms with Gasteiger partial charge in [-0.05, 0) is 16.0 Å². The molecule has 0 aliphatic rings. The predicted octanol–water partition coefficient (Wildman–Crippen LogP) is 0.753. The van der Waals surface area contributed by atoms with Gasteiger partial charge in [0.2, 0.25) is 5.82 Å². The number of aromatic nitrogens is 3. The van der Waals surface area contributed by atoms with Crippen LogP contribution < -0.4 is 0 Å². The first-order valence-electron chi connectivity index (χ1n) is 4.66. The summed E-state index contributed by atoms with van der Waals surface area (Å²) in [7, 11) is 1.40. The third kappa shape index (κ3) is 2.17. The minimum atomic E-state index is -2.50. The molecule has 0 radical (unpaired) electrons. The van der Waals surface area contributed by atoms with Crippen molar-refractivity contribution in [3.05, 3.63) is 38.7 Å². The Morgan fingerprint density at radius 1 is 1.56 bits per heavy atom. The summed E-state index contributed by atoms with van der Waals surface area (Å²) >= 11 is -1.35. The molecule has 0 fully saturated rings. The molecule has 8 nitrogen and oxygen atoms in total. The first-order chi connectivity index (χ1) is 8.52. The summed E-state index contributed by atoms with van der Waals surface area (Å²) < 4.78 is 23.7. The van der Waals surface area contributed by atoms with Gasteiger partial charge in [0.1, 0.15) is 11.2 Å². The van der Waals surface area contributed by atoms with Crippen molar-refractivity contribution in [1.82, 2.24) is 14.5 Å². The summed E-state index contributed by atoms with van der Waals surface area (Å²) in [6.45, 7) is 0. The number of imidazole rings is 1. The number of hydrogen-bond acceptors (Lipinski definition) is 7. The van der Waals surface area contributed by atoms with E-state index in [0.29, 0.717) is 5.01 Å². The van der Waals surface area contributed by atoms with Crippen molar-refractivity contribution in [3.63, 3.8) is 0 Å². The molecule has 2 aromatic rings. The van der Waals surface area contributed by atoms with E-state index in [1.165, 1.54) is 13.2 Å². The van der Waals surface area contributed by atoms with Crippen LogP contribution in [0.25, 0.3) is 0 Å². The van der Waals surface area contributed by atoms with Crippen molar-refractivity contribution in [2.75, 3.05) is 0 Å². The molecule has 0 aliphatic carbocycles. The molecule has 0 amide bonds. The number of nitro groups is 1. The molecule has 0 saturated carbocycles. The van der Waals surface area contributed by atoms with Crippen LogP contribution in [-0.2, 0) is 18.1 Å². The molecule has 2 rings (SSSR count). The zero-order valence-electron chi connectivity index (χ0n) is 9.05. The molecular formula is C8H7N4O4S2-. The second kappa shape index (κ2) is 4.92. The maximum absolute atomic E-state index is 11.3. The summed E-state index contributed by atoms with van der Waals surface area (Å²) in [4.78, 5) is 17.8. The molecule has 2 aromatic heterocycles. The highest BCUT2D eigenvalue weighted by Crippen LogP contribution is 2.29. The first kappa shape index (κ1) is 12.8. The predicted molar refractivity (Wildman–Crippen MR) is 62.7 cm³/mol. The van der Waals surface area contributed by atoms with E-state index in [4.69, 9.17) is 0 Å². The molecule has 96 valence electrons. The van der Waals surface area contributed by atoms with E-state index < -0.39 is 21.3 Å². The molecule has 2 heterocycles. The van der Waals surface area contributed by atoms with Crippen LogP contribution in [0.4, 0.5) is 5.82 Å². The Bertz CT molecular complexity index is 594. The Labute approximate surface area is 108 Å². The minimum Gasteiger partial charge on any atom is -0.771 e. The maximum Gasteiger partial charge on any atom is 0.342 e. The molecule has 0 bridgehead atoms. The van der Waals surface area contributed by atoms with Crippen LogP contribution in [-0.4, -0.2) is 28.2 Å². The lowest BCUT2D eigenvalue weighted by Gasteiger charge is -2.14. The minimum absolute atomic E-state index is 0.0741. The van der Waals surface area contributed by atoms with Crippen LogP contribution in [0.5, 0.6) is 0 Å². The maximum atomic E-state index is 11.3. The fourth-order valence-corrected chi connectivity index (χ4v) is 3.10. The molecule has 2 unspecified atom stereocenters. The smallest absolute Gasteiger partial charge is 0.342 e. The molecule has 2 atom stereocenters. The topological polar surface area (TPSA) is 114 Å². The van der Waals surface area contributed by atoms with Crippen molar-refractivity contribution in [1.29, 1.82) is 0 Å². The molecular weight excluding hydrogens is 280 g/mol. The Kier molecular flexibility index (Phi) is 3.50. The Morgan fingerprint density at radius 2 is 2.28 bits per heavy atom. The molecule has 0 aromatic carbocycles. The lowest BCUT2D eigenvalue weighted by Crippen LogP contribution is -2.13. The van der Waals surface area contributed by atoms with Crippen LogP contribution in [0.2, 0.25) is 0 Å². The number of nitrogens with zero attached hydrogens (tertiary/aromatic N) is 4. The lowest BCUT2D eigenvalue weighted by atomic mass is 10.4. The normalized spacial score (nSPS) is 14.3. The lowest BCUT2D eigenvalue weighted by molar-refractivity contribution is -0.391. The molecule has 0 saturated heterocycles. The van der Waals surface area contributed by atoms with Gasteiger partial charge in [0, 0.05) is 11.6 Å². The van der Waals surface area contributed by atoms with Gasteiger partial charge in [-0.25, -0.2) is 14.5 Å². The molecule has 18 heavy (non-hydrogen) atoms. The fraction of sp³-hybridized carbons (Fsp3) is 0.250. The van der Waals surface area contributed by atoms with Gasteiger partial charge in [-0.15, -0.1) is 11.3 Å². The van der Waals surface area contributed by atoms with E-state index in [1.54, 1.807) is 5.38 Å². The van der Waals surface area contributed by atoms with Crippen LogP contribution in [0.3, 0.4) is 0 Å². The number of hydrogen-bond donors (Lipinski definition) is 0. The van der Waals surface area contributed by atoms with E-state index in [9.17, 15) is 18.9 Å². The quantitative estimate of drug-likeness (QED) is 0.465. The van der Waals surface area contributed by atoms with Crippen LogP contribution >= 0.6 is 11.3 Å². The van der Waals surface area contributed by atoms with Gasteiger partial charge in [0.25, 0.3) is 0 Å². The molecule has 10 heteroatoms. The van der Waals surface area contributed by atoms with E-state index in [0.717, 1.165) is 22.1 Å². The van der Waals surface area contributed by atoms with Gasteiger partial charge in [-0.3, -0.25) is 4.21 Å². The van der Waals surface area contributed by atoms with Crippen molar-refractivity contribution >= 4 is 28.2 Å². The van der Waals surface area contributed by atoms with Crippen LogP contribution in [0.1, 0.15) is 16.1 Å². The Morgan fingerprint density at radius 3 is 2.72 bits per heavy atom. The van der Waals surface area contributed by atoms with E-state index in [-0.39, 0.29) is 11.6 Å². The Balaban J connectivity index is 2.51. The van der Waals surface area contributed by atoms with Gasteiger partial charge in [-0.2, -0.15) is 0 Å². The second-order valence-electron chi connectivity index (χ2n) is 3.30. The van der Waals surface area contributed by atoms with E-state index in [1.807, 2.05) is 0 Å². The molecule has 0 aliphatic heterocycles.